The quantitative estimate of drug-likeness (QED) is 0.691. The van der Waals surface area contributed by atoms with E-state index in [1.54, 1.807) is 0 Å². The Morgan fingerprint density at radius 1 is 0.944 bits per heavy atom. The summed E-state index contributed by atoms with van der Waals surface area (Å²) < 4.78 is 6.45. The van der Waals surface area contributed by atoms with Crippen molar-refractivity contribution in [1.82, 2.24) is 0 Å². The molecule has 2 aliphatic rings. The highest BCUT2D eigenvalue weighted by Gasteiger charge is 2.49. The SMILES string of the molecule is CC1(C)OC2(CCCCC2)c2cc(N)c(N)cc21. The highest BCUT2D eigenvalue weighted by atomic mass is 16.5. The number of rotatable bonds is 0. The van der Waals surface area contributed by atoms with E-state index in [1.807, 2.05) is 12.1 Å². The number of ether oxygens (including phenoxy) is 1. The Kier molecular flexibility index (Phi) is 2.39. The molecular formula is C15H22N2O. The van der Waals surface area contributed by atoms with Crippen molar-refractivity contribution in [2.75, 3.05) is 11.5 Å². The van der Waals surface area contributed by atoms with Crippen LogP contribution in [0.15, 0.2) is 12.1 Å². The topological polar surface area (TPSA) is 61.3 Å². The molecule has 3 heteroatoms. The molecule has 0 aromatic heterocycles. The number of anilines is 2. The summed E-state index contributed by atoms with van der Waals surface area (Å²) in [4.78, 5) is 0. The molecule has 98 valence electrons. The van der Waals surface area contributed by atoms with Crippen LogP contribution in [0.4, 0.5) is 11.4 Å². The Morgan fingerprint density at radius 3 is 2.11 bits per heavy atom. The number of benzene rings is 1. The highest BCUT2D eigenvalue weighted by Crippen LogP contribution is 2.54. The fourth-order valence-corrected chi connectivity index (χ4v) is 3.60. The molecule has 1 heterocycles. The molecule has 0 radical (unpaired) electrons. The molecule has 3 nitrogen and oxygen atoms in total. The van der Waals surface area contributed by atoms with Crippen LogP contribution >= 0.6 is 0 Å². The Labute approximate surface area is 108 Å². The number of nitrogens with two attached hydrogens (primary N) is 2. The largest absolute Gasteiger partial charge is 0.397 e. The first-order valence-corrected chi connectivity index (χ1v) is 6.85. The summed E-state index contributed by atoms with van der Waals surface area (Å²) in [6.07, 6.45) is 5.99. The van der Waals surface area contributed by atoms with E-state index in [1.165, 1.54) is 30.4 Å². The van der Waals surface area contributed by atoms with Gasteiger partial charge in [0.2, 0.25) is 0 Å². The van der Waals surface area contributed by atoms with E-state index in [-0.39, 0.29) is 11.2 Å². The Balaban J connectivity index is 2.17. The van der Waals surface area contributed by atoms with Crippen LogP contribution in [-0.4, -0.2) is 0 Å². The van der Waals surface area contributed by atoms with Crippen molar-refractivity contribution in [2.24, 2.45) is 0 Å². The third kappa shape index (κ3) is 1.53. The molecule has 0 bridgehead atoms. The Morgan fingerprint density at radius 2 is 1.50 bits per heavy atom. The highest BCUT2D eigenvalue weighted by molar-refractivity contribution is 5.68. The summed E-state index contributed by atoms with van der Waals surface area (Å²) in [6.45, 7) is 4.26. The first kappa shape index (κ1) is 11.8. The van der Waals surface area contributed by atoms with Gasteiger partial charge in [0, 0.05) is 0 Å². The second-order valence-corrected chi connectivity index (χ2v) is 6.19. The number of nitrogen functional groups attached to an aromatic ring is 2. The standard InChI is InChI=1S/C15H22N2O/c1-14(2)10-8-12(16)13(17)9-11(10)15(18-14)6-4-3-5-7-15/h8-9H,3-7,16-17H2,1-2H3. The monoisotopic (exact) mass is 246 g/mol. The van der Waals surface area contributed by atoms with E-state index in [9.17, 15) is 0 Å². The van der Waals surface area contributed by atoms with Gasteiger partial charge < -0.3 is 16.2 Å². The number of fused-ring (bicyclic) bond motifs is 2. The molecule has 0 unspecified atom stereocenters. The zero-order valence-corrected chi connectivity index (χ0v) is 11.3. The van der Waals surface area contributed by atoms with Crippen molar-refractivity contribution in [3.8, 4) is 0 Å². The van der Waals surface area contributed by atoms with Crippen molar-refractivity contribution in [3.63, 3.8) is 0 Å². The lowest BCUT2D eigenvalue weighted by Crippen LogP contribution is -2.31. The summed E-state index contributed by atoms with van der Waals surface area (Å²) in [6, 6.07) is 4.05. The van der Waals surface area contributed by atoms with E-state index < -0.39 is 0 Å². The van der Waals surface area contributed by atoms with Gasteiger partial charge in [0.05, 0.1) is 22.6 Å². The zero-order valence-electron chi connectivity index (χ0n) is 11.3. The minimum absolute atomic E-state index is 0.112. The first-order chi connectivity index (χ1) is 8.45. The predicted octanol–water partition coefficient (Wildman–Crippen LogP) is 3.28. The van der Waals surface area contributed by atoms with Gasteiger partial charge in [0.25, 0.3) is 0 Å². The normalized spacial score (nSPS) is 24.1. The van der Waals surface area contributed by atoms with E-state index >= 15 is 0 Å². The molecule has 3 rings (SSSR count). The number of hydrogen-bond acceptors (Lipinski definition) is 3. The van der Waals surface area contributed by atoms with Crippen LogP contribution in [0.5, 0.6) is 0 Å². The van der Waals surface area contributed by atoms with Gasteiger partial charge in [-0.25, -0.2) is 0 Å². The van der Waals surface area contributed by atoms with Gasteiger partial charge in [0.1, 0.15) is 0 Å². The van der Waals surface area contributed by atoms with E-state index in [2.05, 4.69) is 13.8 Å². The summed E-state index contributed by atoms with van der Waals surface area (Å²) in [5.74, 6) is 0. The van der Waals surface area contributed by atoms with Gasteiger partial charge in [-0.2, -0.15) is 0 Å². The average Bonchev–Trinajstić information content (AvgIpc) is 2.50. The molecule has 4 N–H and O–H groups in total. The van der Waals surface area contributed by atoms with Gasteiger partial charge >= 0.3 is 0 Å². The van der Waals surface area contributed by atoms with Crippen LogP contribution in [0, 0.1) is 0 Å². The second-order valence-electron chi connectivity index (χ2n) is 6.19. The van der Waals surface area contributed by atoms with E-state index in [0.29, 0.717) is 11.4 Å². The van der Waals surface area contributed by atoms with Crippen LogP contribution in [0.1, 0.15) is 57.1 Å². The molecule has 1 aromatic rings. The maximum atomic E-state index is 6.45. The van der Waals surface area contributed by atoms with Gasteiger partial charge in [-0.15, -0.1) is 0 Å². The molecule has 0 atom stereocenters. The van der Waals surface area contributed by atoms with Crippen LogP contribution in [0.3, 0.4) is 0 Å². The molecular weight excluding hydrogens is 224 g/mol. The van der Waals surface area contributed by atoms with Crippen molar-refractivity contribution in [1.29, 1.82) is 0 Å². The summed E-state index contributed by atoms with van der Waals surface area (Å²) in [5, 5.41) is 0. The third-order valence-electron chi connectivity index (χ3n) is 4.47. The summed E-state index contributed by atoms with van der Waals surface area (Å²) in [5.41, 5.74) is 15.4. The second kappa shape index (κ2) is 3.64. The molecule has 1 aliphatic carbocycles. The third-order valence-corrected chi connectivity index (χ3v) is 4.47. The molecule has 1 aliphatic heterocycles. The Hall–Kier alpha value is -1.22. The van der Waals surface area contributed by atoms with Gasteiger partial charge in [-0.3, -0.25) is 0 Å². The van der Waals surface area contributed by atoms with Crippen LogP contribution in [-0.2, 0) is 15.9 Å². The summed E-state index contributed by atoms with van der Waals surface area (Å²) >= 11 is 0. The van der Waals surface area contributed by atoms with Crippen molar-refractivity contribution in [3.05, 3.63) is 23.3 Å². The van der Waals surface area contributed by atoms with Gasteiger partial charge in [-0.05, 0) is 49.9 Å². The van der Waals surface area contributed by atoms with Crippen LogP contribution in [0.2, 0.25) is 0 Å². The molecule has 1 aromatic carbocycles. The lowest BCUT2D eigenvalue weighted by molar-refractivity contribution is -0.142. The first-order valence-electron chi connectivity index (χ1n) is 6.85. The molecule has 0 amide bonds. The molecule has 1 fully saturated rings. The fourth-order valence-electron chi connectivity index (χ4n) is 3.60. The van der Waals surface area contributed by atoms with Crippen molar-refractivity contribution < 1.29 is 4.74 Å². The molecule has 0 saturated heterocycles. The van der Waals surface area contributed by atoms with E-state index in [4.69, 9.17) is 16.2 Å². The number of hydrogen-bond donors (Lipinski definition) is 2. The smallest absolute Gasteiger partial charge is 0.0947 e. The van der Waals surface area contributed by atoms with Crippen molar-refractivity contribution in [2.45, 2.75) is 57.2 Å². The molecule has 1 saturated carbocycles. The average molecular weight is 246 g/mol. The maximum Gasteiger partial charge on any atom is 0.0947 e. The van der Waals surface area contributed by atoms with Gasteiger partial charge in [0.15, 0.2) is 0 Å². The Bertz CT molecular complexity index is 488. The molecule has 18 heavy (non-hydrogen) atoms. The van der Waals surface area contributed by atoms with Crippen LogP contribution < -0.4 is 11.5 Å². The molecule has 1 spiro atoms. The lowest BCUT2D eigenvalue weighted by atomic mass is 9.78. The zero-order chi connectivity index (χ0) is 13.0. The predicted molar refractivity (Wildman–Crippen MR) is 74.1 cm³/mol. The van der Waals surface area contributed by atoms with E-state index in [0.717, 1.165) is 12.8 Å². The summed E-state index contributed by atoms with van der Waals surface area (Å²) in [7, 11) is 0. The lowest BCUT2D eigenvalue weighted by Gasteiger charge is -2.36. The maximum absolute atomic E-state index is 6.45. The van der Waals surface area contributed by atoms with Gasteiger partial charge in [-0.1, -0.05) is 19.3 Å². The minimum Gasteiger partial charge on any atom is -0.397 e. The van der Waals surface area contributed by atoms with Crippen molar-refractivity contribution >= 4 is 11.4 Å². The van der Waals surface area contributed by atoms with Crippen LogP contribution in [0.25, 0.3) is 0 Å². The fraction of sp³-hybridized carbons (Fsp3) is 0.600. The minimum atomic E-state index is -0.255.